The van der Waals surface area contributed by atoms with Gasteiger partial charge in [-0.1, -0.05) is 19.8 Å². The molecule has 2 fully saturated rings. The number of piperazine rings is 1. The lowest BCUT2D eigenvalue weighted by atomic mass is 9.97. The molecule has 2 aliphatic rings. The topological polar surface area (TPSA) is 50.3 Å². The van der Waals surface area contributed by atoms with Crippen molar-refractivity contribution in [2.75, 3.05) is 30.3 Å². The summed E-state index contributed by atoms with van der Waals surface area (Å²) in [6.45, 7) is 8.01. The van der Waals surface area contributed by atoms with Gasteiger partial charge in [-0.15, -0.1) is 0 Å². The first-order valence-corrected chi connectivity index (χ1v) is 8.43. The Morgan fingerprint density at radius 3 is 2.86 bits per heavy atom. The quantitative estimate of drug-likeness (QED) is 0.925. The first-order valence-electron chi connectivity index (χ1n) is 8.43. The molecule has 118 valence electrons. The third-order valence-electron chi connectivity index (χ3n) is 5.08. The fraction of sp³-hybridized carbons (Fsp3) is 0.812. The number of anilines is 2. The van der Waals surface area contributed by atoms with E-state index in [1.807, 2.05) is 11.7 Å². The number of aromatic nitrogens is 2. The van der Waals surface area contributed by atoms with E-state index in [9.17, 15) is 0 Å². The van der Waals surface area contributed by atoms with E-state index in [0.717, 1.165) is 43.1 Å². The van der Waals surface area contributed by atoms with Gasteiger partial charge in [0.25, 0.3) is 0 Å². The Kier molecular flexibility index (Phi) is 4.11. The Morgan fingerprint density at radius 1 is 1.29 bits per heavy atom. The van der Waals surface area contributed by atoms with Crippen molar-refractivity contribution in [2.45, 2.75) is 58.0 Å². The molecule has 0 aliphatic carbocycles. The van der Waals surface area contributed by atoms with Crippen molar-refractivity contribution in [1.82, 2.24) is 14.7 Å². The van der Waals surface area contributed by atoms with Gasteiger partial charge in [0.15, 0.2) is 5.82 Å². The fourth-order valence-corrected chi connectivity index (χ4v) is 4.00. The van der Waals surface area contributed by atoms with E-state index in [2.05, 4.69) is 28.7 Å². The SMILES string of the molecule is CCCc1nn(C)c(N2CC3CCCCN3CC2C)c1N. The van der Waals surface area contributed by atoms with Crippen LogP contribution in [0.25, 0.3) is 0 Å². The second kappa shape index (κ2) is 5.87. The van der Waals surface area contributed by atoms with Gasteiger partial charge in [0.2, 0.25) is 0 Å². The summed E-state index contributed by atoms with van der Waals surface area (Å²) >= 11 is 0. The molecule has 0 aromatic carbocycles. The summed E-state index contributed by atoms with van der Waals surface area (Å²) in [5.41, 5.74) is 8.37. The molecule has 5 nitrogen and oxygen atoms in total. The van der Waals surface area contributed by atoms with E-state index in [-0.39, 0.29) is 0 Å². The third-order valence-corrected chi connectivity index (χ3v) is 5.08. The number of fused-ring (bicyclic) bond motifs is 1. The zero-order valence-corrected chi connectivity index (χ0v) is 13.7. The molecule has 0 bridgehead atoms. The van der Waals surface area contributed by atoms with E-state index in [4.69, 9.17) is 5.73 Å². The molecule has 21 heavy (non-hydrogen) atoms. The molecule has 0 spiro atoms. The lowest BCUT2D eigenvalue weighted by molar-refractivity contribution is 0.115. The van der Waals surface area contributed by atoms with Crippen molar-refractivity contribution in [3.63, 3.8) is 0 Å². The van der Waals surface area contributed by atoms with Crippen LogP contribution in [0.15, 0.2) is 0 Å². The second-order valence-corrected chi connectivity index (χ2v) is 6.70. The van der Waals surface area contributed by atoms with Crippen molar-refractivity contribution >= 4 is 11.5 Å². The summed E-state index contributed by atoms with van der Waals surface area (Å²) in [5.74, 6) is 1.14. The third kappa shape index (κ3) is 2.63. The Morgan fingerprint density at radius 2 is 2.10 bits per heavy atom. The summed E-state index contributed by atoms with van der Waals surface area (Å²) in [6.07, 6.45) is 6.11. The van der Waals surface area contributed by atoms with Gasteiger partial charge in [-0.2, -0.15) is 5.10 Å². The predicted molar refractivity (Wildman–Crippen MR) is 87.6 cm³/mol. The lowest BCUT2D eigenvalue weighted by Gasteiger charge is -2.48. The van der Waals surface area contributed by atoms with Crippen LogP contribution in [0.3, 0.4) is 0 Å². The molecule has 5 heteroatoms. The van der Waals surface area contributed by atoms with Gasteiger partial charge >= 0.3 is 0 Å². The predicted octanol–water partition coefficient (Wildman–Crippen LogP) is 2.02. The normalized spacial score (nSPS) is 26.9. The number of aryl methyl sites for hydroxylation is 2. The molecule has 3 heterocycles. The van der Waals surface area contributed by atoms with Crippen LogP contribution in [0.4, 0.5) is 11.5 Å². The van der Waals surface area contributed by atoms with Crippen molar-refractivity contribution in [1.29, 1.82) is 0 Å². The van der Waals surface area contributed by atoms with Gasteiger partial charge in [-0.3, -0.25) is 9.58 Å². The monoisotopic (exact) mass is 291 g/mol. The van der Waals surface area contributed by atoms with Crippen LogP contribution in [0.5, 0.6) is 0 Å². The summed E-state index contributed by atoms with van der Waals surface area (Å²) in [4.78, 5) is 5.16. The highest BCUT2D eigenvalue weighted by molar-refractivity contribution is 5.67. The first-order chi connectivity index (χ1) is 10.1. The second-order valence-electron chi connectivity index (χ2n) is 6.70. The maximum atomic E-state index is 6.41. The molecule has 2 aliphatic heterocycles. The van der Waals surface area contributed by atoms with Crippen LogP contribution in [-0.2, 0) is 13.5 Å². The Hall–Kier alpha value is -1.23. The molecule has 3 rings (SSSR count). The zero-order valence-electron chi connectivity index (χ0n) is 13.7. The summed E-state index contributed by atoms with van der Waals surface area (Å²) < 4.78 is 2.00. The molecule has 2 atom stereocenters. The first kappa shape index (κ1) is 14.7. The number of nitrogens with two attached hydrogens (primary N) is 1. The summed E-state index contributed by atoms with van der Waals surface area (Å²) in [7, 11) is 2.03. The van der Waals surface area contributed by atoms with Crippen LogP contribution >= 0.6 is 0 Å². The van der Waals surface area contributed by atoms with Crippen molar-refractivity contribution < 1.29 is 0 Å². The highest BCUT2D eigenvalue weighted by Gasteiger charge is 2.35. The highest BCUT2D eigenvalue weighted by Crippen LogP contribution is 2.33. The van der Waals surface area contributed by atoms with E-state index >= 15 is 0 Å². The smallest absolute Gasteiger partial charge is 0.150 e. The minimum absolute atomic E-state index is 0.506. The summed E-state index contributed by atoms with van der Waals surface area (Å²) in [5, 5.41) is 4.65. The van der Waals surface area contributed by atoms with E-state index in [0.29, 0.717) is 12.1 Å². The molecular formula is C16H29N5. The average Bonchev–Trinajstić information content (AvgIpc) is 2.73. The maximum absolute atomic E-state index is 6.41. The van der Waals surface area contributed by atoms with E-state index < -0.39 is 0 Å². The minimum atomic E-state index is 0.506. The van der Waals surface area contributed by atoms with Crippen molar-refractivity contribution in [3.8, 4) is 0 Å². The fourth-order valence-electron chi connectivity index (χ4n) is 4.00. The summed E-state index contributed by atoms with van der Waals surface area (Å²) in [6, 6.07) is 1.20. The Labute approximate surface area is 128 Å². The molecule has 2 saturated heterocycles. The molecule has 2 N–H and O–H groups in total. The Bertz CT molecular complexity index is 495. The van der Waals surface area contributed by atoms with E-state index in [1.54, 1.807) is 0 Å². The van der Waals surface area contributed by atoms with Gasteiger partial charge in [-0.25, -0.2) is 0 Å². The van der Waals surface area contributed by atoms with Gasteiger partial charge in [0.05, 0.1) is 11.4 Å². The lowest BCUT2D eigenvalue weighted by Crippen LogP contribution is -2.59. The van der Waals surface area contributed by atoms with Gasteiger partial charge in [0.1, 0.15) is 0 Å². The van der Waals surface area contributed by atoms with Crippen LogP contribution in [-0.4, -0.2) is 46.4 Å². The number of hydrogen-bond donors (Lipinski definition) is 1. The number of nitrogens with zero attached hydrogens (tertiary/aromatic N) is 4. The molecule has 0 amide bonds. The maximum Gasteiger partial charge on any atom is 0.150 e. The minimum Gasteiger partial charge on any atom is -0.394 e. The molecular weight excluding hydrogens is 262 g/mol. The average molecular weight is 291 g/mol. The van der Waals surface area contributed by atoms with Crippen LogP contribution in [0.2, 0.25) is 0 Å². The molecule has 1 aromatic heterocycles. The van der Waals surface area contributed by atoms with Crippen molar-refractivity contribution in [3.05, 3.63) is 5.69 Å². The van der Waals surface area contributed by atoms with Crippen molar-refractivity contribution in [2.24, 2.45) is 7.05 Å². The van der Waals surface area contributed by atoms with Crippen LogP contribution < -0.4 is 10.6 Å². The van der Waals surface area contributed by atoms with Gasteiger partial charge < -0.3 is 10.6 Å². The molecule has 0 saturated carbocycles. The largest absolute Gasteiger partial charge is 0.394 e. The number of rotatable bonds is 3. The van der Waals surface area contributed by atoms with Gasteiger partial charge in [-0.05, 0) is 32.7 Å². The van der Waals surface area contributed by atoms with E-state index in [1.165, 1.54) is 25.8 Å². The molecule has 0 radical (unpaired) electrons. The van der Waals surface area contributed by atoms with Crippen LogP contribution in [0.1, 0.15) is 45.2 Å². The Balaban J connectivity index is 1.85. The van der Waals surface area contributed by atoms with Crippen LogP contribution in [0, 0.1) is 0 Å². The highest BCUT2D eigenvalue weighted by atomic mass is 15.4. The number of piperidine rings is 1. The number of hydrogen-bond acceptors (Lipinski definition) is 4. The van der Waals surface area contributed by atoms with Gasteiger partial charge in [0, 0.05) is 32.2 Å². The zero-order chi connectivity index (χ0) is 15.0. The molecule has 1 aromatic rings. The number of nitrogen functional groups attached to an aromatic ring is 1. The standard InChI is InChI=1S/C16H29N5/c1-4-7-14-15(17)16(19(3)18-14)21-11-13-8-5-6-9-20(13)10-12(21)2/h12-13H,4-11,17H2,1-3H3. The molecule has 2 unspecified atom stereocenters.